The van der Waals surface area contributed by atoms with Gasteiger partial charge in [0.1, 0.15) is 11.2 Å². The molecule has 55 heavy (non-hydrogen) atoms. The summed E-state index contributed by atoms with van der Waals surface area (Å²) in [5, 5.41) is 7.07. The van der Waals surface area contributed by atoms with Crippen LogP contribution in [0.2, 0.25) is 0 Å². The summed E-state index contributed by atoms with van der Waals surface area (Å²) in [5.74, 6) is 0. The van der Waals surface area contributed by atoms with Crippen LogP contribution in [0.5, 0.6) is 0 Å². The Morgan fingerprint density at radius 1 is 0.382 bits per heavy atom. The van der Waals surface area contributed by atoms with Gasteiger partial charge in [-0.05, 0) is 93.9 Å². The third kappa shape index (κ3) is 5.32. The monoisotopic (exact) mass is 719 g/mol. The highest BCUT2D eigenvalue weighted by atomic mass is 32.1. The van der Waals surface area contributed by atoms with Gasteiger partial charge < -0.3 is 9.32 Å². The van der Waals surface area contributed by atoms with E-state index in [-0.39, 0.29) is 0 Å². The van der Waals surface area contributed by atoms with Gasteiger partial charge in [0.15, 0.2) is 0 Å². The van der Waals surface area contributed by atoms with E-state index in [0.29, 0.717) is 0 Å². The Hall–Kier alpha value is -6.94. The van der Waals surface area contributed by atoms with E-state index >= 15 is 0 Å². The molecule has 0 spiro atoms. The molecule has 3 heteroatoms. The van der Waals surface area contributed by atoms with Gasteiger partial charge in [-0.3, -0.25) is 0 Å². The molecule has 0 atom stereocenters. The van der Waals surface area contributed by atoms with E-state index in [9.17, 15) is 0 Å². The van der Waals surface area contributed by atoms with Crippen molar-refractivity contribution in [1.82, 2.24) is 0 Å². The Balaban J connectivity index is 1.18. The van der Waals surface area contributed by atoms with Crippen LogP contribution in [-0.2, 0) is 0 Å². The third-order valence-electron chi connectivity index (χ3n) is 10.8. The van der Waals surface area contributed by atoms with Crippen LogP contribution in [0.25, 0.3) is 86.3 Å². The number of anilines is 3. The molecule has 0 aliphatic carbocycles. The summed E-state index contributed by atoms with van der Waals surface area (Å²) in [6.07, 6.45) is 0. The predicted octanol–water partition coefficient (Wildman–Crippen LogP) is 15.6. The average molecular weight is 720 g/mol. The quantitative estimate of drug-likeness (QED) is 0.170. The van der Waals surface area contributed by atoms with Gasteiger partial charge in [0.25, 0.3) is 0 Å². The number of furan rings is 1. The van der Waals surface area contributed by atoms with Crippen molar-refractivity contribution < 1.29 is 4.42 Å². The lowest BCUT2D eigenvalue weighted by Gasteiger charge is -2.29. The molecule has 0 bridgehead atoms. The van der Waals surface area contributed by atoms with Crippen molar-refractivity contribution in [3.63, 3.8) is 0 Å². The summed E-state index contributed by atoms with van der Waals surface area (Å²) in [4.78, 5) is 2.44. The second-order valence-electron chi connectivity index (χ2n) is 14.1. The van der Waals surface area contributed by atoms with Crippen LogP contribution in [0, 0.1) is 0 Å². The Morgan fingerprint density at radius 3 is 1.93 bits per heavy atom. The number of rotatable bonds is 6. The lowest BCUT2D eigenvalue weighted by atomic mass is 9.95. The Bertz CT molecular complexity index is 3210. The average Bonchev–Trinajstić information content (AvgIpc) is 3.84. The SMILES string of the molecule is c1ccc(-c2ccc(N(c3cccc(-c4ccc5sc6ccccc6c5c4)c3)c3cccc4oc5c6ccccc6ccc5c34)c(-c3ccccc3)c2)cc1. The first-order valence-corrected chi connectivity index (χ1v) is 19.5. The smallest absolute Gasteiger partial charge is 0.143 e. The lowest BCUT2D eigenvalue weighted by molar-refractivity contribution is 0.672. The molecule has 0 saturated carbocycles. The molecular formula is C52H33NOS. The van der Waals surface area contributed by atoms with Crippen LogP contribution in [0.3, 0.4) is 0 Å². The summed E-state index contributed by atoms with van der Waals surface area (Å²) < 4.78 is 9.38. The van der Waals surface area contributed by atoms with Crippen molar-refractivity contribution in [2.24, 2.45) is 0 Å². The molecule has 11 rings (SSSR count). The predicted molar refractivity (Wildman–Crippen MR) is 235 cm³/mol. The van der Waals surface area contributed by atoms with Crippen molar-refractivity contribution in [3.05, 3.63) is 200 Å². The van der Waals surface area contributed by atoms with Crippen LogP contribution >= 0.6 is 11.3 Å². The van der Waals surface area contributed by atoms with Gasteiger partial charge >= 0.3 is 0 Å². The molecule has 11 aromatic rings. The number of nitrogens with zero attached hydrogens (tertiary/aromatic N) is 1. The minimum absolute atomic E-state index is 0.863. The van der Waals surface area contributed by atoms with Gasteiger partial charge in [-0.1, -0.05) is 140 Å². The molecule has 2 nitrogen and oxygen atoms in total. The molecule has 9 aromatic carbocycles. The lowest BCUT2D eigenvalue weighted by Crippen LogP contribution is -2.12. The van der Waals surface area contributed by atoms with E-state index in [1.165, 1.54) is 42.2 Å². The van der Waals surface area contributed by atoms with Gasteiger partial charge in [-0.2, -0.15) is 0 Å². The Labute approximate surface area is 322 Å². The van der Waals surface area contributed by atoms with Gasteiger partial charge in [-0.25, -0.2) is 0 Å². The topological polar surface area (TPSA) is 16.4 Å². The fourth-order valence-electron chi connectivity index (χ4n) is 8.25. The van der Waals surface area contributed by atoms with Gasteiger partial charge in [-0.15, -0.1) is 11.3 Å². The molecule has 2 aromatic heterocycles. The van der Waals surface area contributed by atoms with Crippen LogP contribution in [-0.4, -0.2) is 0 Å². The molecule has 258 valence electrons. The largest absolute Gasteiger partial charge is 0.455 e. The second-order valence-corrected chi connectivity index (χ2v) is 15.2. The summed E-state index contributed by atoms with van der Waals surface area (Å²) >= 11 is 1.85. The minimum Gasteiger partial charge on any atom is -0.455 e. The van der Waals surface area contributed by atoms with Gasteiger partial charge in [0.05, 0.1) is 16.8 Å². The number of hydrogen-bond donors (Lipinski definition) is 0. The molecule has 0 aliphatic heterocycles. The maximum absolute atomic E-state index is 6.76. The molecular weight excluding hydrogens is 687 g/mol. The van der Waals surface area contributed by atoms with Crippen molar-refractivity contribution in [3.8, 4) is 33.4 Å². The van der Waals surface area contributed by atoms with Crippen molar-refractivity contribution in [2.45, 2.75) is 0 Å². The van der Waals surface area contributed by atoms with E-state index in [0.717, 1.165) is 61.1 Å². The van der Waals surface area contributed by atoms with Crippen LogP contribution in [0.1, 0.15) is 0 Å². The number of fused-ring (bicyclic) bond motifs is 8. The van der Waals surface area contributed by atoms with Crippen LogP contribution in [0.15, 0.2) is 205 Å². The van der Waals surface area contributed by atoms with E-state index < -0.39 is 0 Å². The zero-order valence-electron chi connectivity index (χ0n) is 29.8. The number of hydrogen-bond acceptors (Lipinski definition) is 3. The van der Waals surface area contributed by atoms with Gasteiger partial charge in [0.2, 0.25) is 0 Å². The molecule has 0 radical (unpaired) electrons. The second kappa shape index (κ2) is 12.9. The molecule has 0 amide bonds. The molecule has 0 N–H and O–H groups in total. The third-order valence-corrected chi connectivity index (χ3v) is 12.0. The minimum atomic E-state index is 0.863. The zero-order chi connectivity index (χ0) is 36.3. The number of benzene rings is 9. The summed E-state index contributed by atoms with van der Waals surface area (Å²) in [7, 11) is 0. The van der Waals surface area contributed by atoms with Crippen molar-refractivity contribution in [2.75, 3.05) is 4.90 Å². The Kier molecular flexibility index (Phi) is 7.39. The molecule has 0 saturated heterocycles. The first-order chi connectivity index (χ1) is 27.3. The fourth-order valence-corrected chi connectivity index (χ4v) is 9.34. The van der Waals surface area contributed by atoms with E-state index in [1.807, 2.05) is 11.3 Å². The molecule has 0 unspecified atom stereocenters. The molecule has 0 aliphatic rings. The molecule has 2 heterocycles. The van der Waals surface area contributed by atoms with Crippen molar-refractivity contribution in [1.29, 1.82) is 0 Å². The summed E-state index contributed by atoms with van der Waals surface area (Å²) in [6.45, 7) is 0. The first-order valence-electron chi connectivity index (χ1n) is 18.7. The van der Waals surface area contributed by atoms with Gasteiger partial charge in [0, 0.05) is 42.2 Å². The fraction of sp³-hybridized carbons (Fsp3) is 0. The normalized spacial score (nSPS) is 11.6. The van der Waals surface area contributed by atoms with Crippen LogP contribution < -0.4 is 4.90 Å². The van der Waals surface area contributed by atoms with Crippen molar-refractivity contribution >= 4 is 81.3 Å². The van der Waals surface area contributed by atoms with E-state index in [2.05, 4.69) is 205 Å². The van der Waals surface area contributed by atoms with E-state index in [4.69, 9.17) is 4.42 Å². The zero-order valence-corrected chi connectivity index (χ0v) is 30.6. The Morgan fingerprint density at radius 2 is 1.05 bits per heavy atom. The molecule has 0 fully saturated rings. The highest BCUT2D eigenvalue weighted by Crippen LogP contribution is 2.48. The maximum atomic E-state index is 6.76. The maximum Gasteiger partial charge on any atom is 0.143 e. The summed E-state index contributed by atoms with van der Waals surface area (Å²) in [6, 6.07) is 72.3. The van der Waals surface area contributed by atoms with Crippen LogP contribution in [0.4, 0.5) is 17.1 Å². The highest BCUT2D eigenvalue weighted by Gasteiger charge is 2.23. The standard InChI is InChI=1S/C52H33NOS/c1-3-13-34(14-4-1)38-26-29-46(44(32-38)35-15-5-2-6-16-35)53(47-22-12-23-48-51(47)43-28-25-36-17-7-8-20-41(36)52(43)54-48)40-19-11-18-37(31-40)39-27-30-50-45(33-39)42-21-9-10-24-49(42)55-50/h1-33H. The summed E-state index contributed by atoms with van der Waals surface area (Å²) in [5.41, 5.74) is 12.0. The van der Waals surface area contributed by atoms with E-state index in [1.54, 1.807) is 0 Å². The number of thiophene rings is 1. The highest BCUT2D eigenvalue weighted by molar-refractivity contribution is 7.25. The first kappa shape index (κ1) is 31.6.